The Morgan fingerprint density at radius 1 is 0.824 bits per heavy atom. The second-order valence-electron chi connectivity index (χ2n) is 4.26. The fourth-order valence-electron chi connectivity index (χ4n) is 1.73. The molecule has 1 heteroatoms. The summed E-state index contributed by atoms with van der Waals surface area (Å²) in [7, 11) is 4.43. The number of hydrogen-bond acceptors (Lipinski definition) is 1. The predicted molar refractivity (Wildman–Crippen MR) is 83.7 cm³/mol. The van der Waals surface area contributed by atoms with Gasteiger partial charge in [-0.3, -0.25) is 0 Å². The molecule has 0 spiro atoms. The van der Waals surface area contributed by atoms with Crippen LogP contribution < -0.4 is 0 Å². The van der Waals surface area contributed by atoms with Gasteiger partial charge < -0.3 is 4.90 Å². The van der Waals surface area contributed by atoms with Crippen molar-refractivity contribution in [2.24, 2.45) is 0 Å². The van der Waals surface area contributed by atoms with Crippen molar-refractivity contribution in [1.82, 2.24) is 4.90 Å². The Hall–Kier alpha value is -0.300. The molecule has 0 aromatic carbocycles. The average Bonchev–Trinajstić information content (AvgIpc) is 2.38. The molecule has 0 aliphatic heterocycles. The molecular formula is C16H37N. The zero-order valence-corrected chi connectivity index (χ0v) is 13.4. The molecule has 0 N–H and O–H groups in total. The van der Waals surface area contributed by atoms with Gasteiger partial charge in [0.1, 0.15) is 0 Å². The monoisotopic (exact) mass is 243 g/mol. The van der Waals surface area contributed by atoms with Crippen LogP contribution in [0.25, 0.3) is 0 Å². The third-order valence-corrected chi connectivity index (χ3v) is 2.76. The SMILES string of the molecule is C=C.CC.CCCCC[C@H](CCCC)N(C)C. The van der Waals surface area contributed by atoms with Gasteiger partial charge in [0.15, 0.2) is 0 Å². The van der Waals surface area contributed by atoms with Gasteiger partial charge in [0.25, 0.3) is 0 Å². The fourth-order valence-corrected chi connectivity index (χ4v) is 1.73. The maximum absolute atomic E-state index is 3.00. The largest absolute Gasteiger partial charge is 0.306 e. The zero-order chi connectivity index (χ0) is 14.1. The van der Waals surface area contributed by atoms with E-state index < -0.39 is 0 Å². The molecule has 0 aromatic heterocycles. The van der Waals surface area contributed by atoms with E-state index in [1.165, 1.54) is 44.9 Å². The van der Waals surface area contributed by atoms with Crippen molar-refractivity contribution >= 4 is 0 Å². The number of nitrogens with zero attached hydrogens (tertiary/aromatic N) is 1. The van der Waals surface area contributed by atoms with Gasteiger partial charge in [-0.2, -0.15) is 0 Å². The van der Waals surface area contributed by atoms with E-state index >= 15 is 0 Å². The van der Waals surface area contributed by atoms with Crippen LogP contribution >= 0.6 is 0 Å². The lowest BCUT2D eigenvalue weighted by Gasteiger charge is -2.24. The van der Waals surface area contributed by atoms with Gasteiger partial charge in [0, 0.05) is 6.04 Å². The number of hydrogen-bond donors (Lipinski definition) is 0. The molecule has 0 fully saturated rings. The van der Waals surface area contributed by atoms with Crippen LogP contribution in [-0.2, 0) is 0 Å². The first-order chi connectivity index (χ1) is 8.22. The highest BCUT2D eigenvalue weighted by Crippen LogP contribution is 2.13. The molecule has 106 valence electrons. The number of unbranched alkanes of at least 4 members (excludes halogenated alkanes) is 3. The van der Waals surface area contributed by atoms with Crippen molar-refractivity contribution in [3.63, 3.8) is 0 Å². The van der Waals surface area contributed by atoms with Crippen LogP contribution in [0.15, 0.2) is 13.2 Å². The van der Waals surface area contributed by atoms with E-state index in [1.54, 1.807) is 0 Å². The summed E-state index contributed by atoms with van der Waals surface area (Å²) in [5.74, 6) is 0. The van der Waals surface area contributed by atoms with Crippen molar-refractivity contribution < 1.29 is 0 Å². The summed E-state index contributed by atoms with van der Waals surface area (Å²) in [4.78, 5) is 2.39. The first-order valence-corrected chi connectivity index (χ1v) is 7.38. The van der Waals surface area contributed by atoms with E-state index in [0.717, 1.165) is 6.04 Å². The second kappa shape index (κ2) is 21.0. The van der Waals surface area contributed by atoms with Gasteiger partial charge in [0.2, 0.25) is 0 Å². The van der Waals surface area contributed by atoms with Crippen LogP contribution in [-0.4, -0.2) is 25.0 Å². The number of rotatable bonds is 8. The Balaban J connectivity index is -0.000000439. The molecule has 0 saturated heterocycles. The van der Waals surface area contributed by atoms with Crippen molar-refractivity contribution in [1.29, 1.82) is 0 Å². The molecule has 0 saturated carbocycles. The maximum Gasteiger partial charge on any atom is 0.00891 e. The first-order valence-electron chi connectivity index (χ1n) is 7.38. The summed E-state index contributed by atoms with van der Waals surface area (Å²) in [6.45, 7) is 14.6. The van der Waals surface area contributed by atoms with Crippen LogP contribution in [0.5, 0.6) is 0 Å². The standard InChI is InChI=1S/C12H27N.C2H6.C2H4/c1-5-7-9-11-12(13(3)4)10-8-6-2;2*1-2/h12H,5-11H2,1-4H3;1-2H3;1-2H2/t12-;;/m0../s1. The van der Waals surface area contributed by atoms with E-state index in [1.807, 2.05) is 13.8 Å². The molecule has 0 rings (SSSR count). The molecule has 0 amide bonds. The van der Waals surface area contributed by atoms with Crippen LogP contribution in [0, 0.1) is 0 Å². The highest BCUT2D eigenvalue weighted by atomic mass is 15.1. The summed E-state index contributed by atoms with van der Waals surface area (Å²) in [6, 6.07) is 0.825. The van der Waals surface area contributed by atoms with E-state index in [9.17, 15) is 0 Å². The van der Waals surface area contributed by atoms with Gasteiger partial charge in [-0.05, 0) is 26.9 Å². The average molecular weight is 243 g/mol. The molecule has 0 aromatic rings. The van der Waals surface area contributed by atoms with E-state index in [-0.39, 0.29) is 0 Å². The molecular weight excluding hydrogens is 206 g/mol. The summed E-state index contributed by atoms with van der Waals surface area (Å²) in [5.41, 5.74) is 0. The topological polar surface area (TPSA) is 3.24 Å². The molecule has 17 heavy (non-hydrogen) atoms. The predicted octanol–water partition coefficient (Wildman–Crippen LogP) is 5.52. The van der Waals surface area contributed by atoms with E-state index in [2.05, 4.69) is 46.0 Å². The summed E-state index contributed by atoms with van der Waals surface area (Å²) in [6.07, 6.45) is 9.63. The summed E-state index contributed by atoms with van der Waals surface area (Å²) < 4.78 is 0. The highest BCUT2D eigenvalue weighted by Gasteiger charge is 2.09. The molecule has 0 aliphatic carbocycles. The van der Waals surface area contributed by atoms with Gasteiger partial charge in [-0.25, -0.2) is 0 Å². The van der Waals surface area contributed by atoms with E-state index in [4.69, 9.17) is 0 Å². The zero-order valence-electron chi connectivity index (χ0n) is 13.4. The molecule has 0 bridgehead atoms. The molecule has 0 radical (unpaired) electrons. The highest BCUT2D eigenvalue weighted by molar-refractivity contribution is 4.65. The molecule has 1 nitrogen and oxygen atoms in total. The van der Waals surface area contributed by atoms with Crippen molar-refractivity contribution in [3.8, 4) is 0 Å². The smallest absolute Gasteiger partial charge is 0.00891 e. The normalized spacial score (nSPS) is 11.0. The Morgan fingerprint density at radius 2 is 1.24 bits per heavy atom. The molecule has 0 heterocycles. The lowest BCUT2D eigenvalue weighted by molar-refractivity contribution is 0.253. The minimum atomic E-state index is 0.825. The Bertz CT molecular complexity index is 110. The van der Waals surface area contributed by atoms with Gasteiger partial charge >= 0.3 is 0 Å². The summed E-state index contributed by atoms with van der Waals surface area (Å²) in [5, 5.41) is 0. The molecule has 1 atom stereocenters. The molecule has 0 unspecified atom stereocenters. The lowest BCUT2D eigenvalue weighted by Crippen LogP contribution is -2.27. The van der Waals surface area contributed by atoms with Crippen LogP contribution in [0.1, 0.15) is 72.6 Å². The van der Waals surface area contributed by atoms with Crippen molar-refractivity contribution in [2.75, 3.05) is 14.1 Å². The third-order valence-electron chi connectivity index (χ3n) is 2.76. The van der Waals surface area contributed by atoms with E-state index in [0.29, 0.717) is 0 Å². The third kappa shape index (κ3) is 18.3. The van der Waals surface area contributed by atoms with Gasteiger partial charge in [-0.15, -0.1) is 13.2 Å². The first kappa shape index (κ1) is 21.9. The minimum absolute atomic E-state index is 0.825. The molecule has 0 aliphatic rings. The fraction of sp³-hybridized carbons (Fsp3) is 0.875. The Morgan fingerprint density at radius 3 is 1.59 bits per heavy atom. The Kier molecular flexibility index (Phi) is 27.1. The van der Waals surface area contributed by atoms with Crippen molar-refractivity contribution in [2.45, 2.75) is 78.7 Å². The van der Waals surface area contributed by atoms with Gasteiger partial charge in [-0.1, -0.05) is 59.8 Å². The minimum Gasteiger partial charge on any atom is -0.306 e. The Labute approximate surface area is 111 Å². The van der Waals surface area contributed by atoms with Crippen LogP contribution in [0.2, 0.25) is 0 Å². The quantitative estimate of drug-likeness (QED) is 0.401. The van der Waals surface area contributed by atoms with Crippen LogP contribution in [0.4, 0.5) is 0 Å². The van der Waals surface area contributed by atoms with Crippen LogP contribution in [0.3, 0.4) is 0 Å². The maximum atomic E-state index is 3.00. The summed E-state index contributed by atoms with van der Waals surface area (Å²) >= 11 is 0. The second-order valence-corrected chi connectivity index (χ2v) is 4.26. The van der Waals surface area contributed by atoms with Gasteiger partial charge in [0.05, 0.1) is 0 Å². The lowest BCUT2D eigenvalue weighted by atomic mass is 10.0. The van der Waals surface area contributed by atoms with Crippen molar-refractivity contribution in [3.05, 3.63) is 13.2 Å².